The minimum Gasteiger partial charge on any atom is -0.346 e. The van der Waals surface area contributed by atoms with Crippen LogP contribution in [0.1, 0.15) is 12.8 Å². The number of carbonyl (C=O) groups excluding carboxylic acids is 1. The number of rotatable bonds is 0. The maximum absolute atomic E-state index is 11.2. The molecule has 0 aromatic carbocycles. The van der Waals surface area contributed by atoms with Crippen molar-refractivity contribution in [2.75, 3.05) is 45.2 Å². The van der Waals surface area contributed by atoms with Crippen LogP contribution >= 0.6 is 0 Å². The van der Waals surface area contributed by atoms with Crippen molar-refractivity contribution >= 4 is 21.3 Å². The Labute approximate surface area is 98.6 Å². The summed E-state index contributed by atoms with van der Waals surface area (Å²) in [6.45, 7) is 2.85. The summed E-state index contributed by atoms with van der Waals surface area (Å²) in [6, 6.07) is 0. The molecule has 0 aromatic heterocycles. The van der Waals surface area contributed by atoms with E-state index in [0.29, 0.717) is 5.91 Å². The molecule has 0 aliphatic carbocycles. The highest BCUT2D eigenvalue weighted by Gasteiger charge is 2.14. The molecule has 2 fully saturated rings. The molecule has 0 N–H and O–H groups in total. The molecule has 4 nitrogen and oxygen atoms in total. The van der Waals surface area contributed by atoms with E-state index in [1.54, 1.807) is 4.90 Å². The summed E-state index contributed by atoms with van der Waals surface area (Å²) in [5, 5.41) is 0. The van der Waals surface area contributed by atoms with Gasteiger partial charge in [0.2, 0.25) is 5.91 Å². The molecule has 94 valence electrons. The maximum Gasteiger partial charge on any atom is 0.222 e. The normalized spacial score (nSPS) is 25.1. The van der Waals surface area contributed by atoms with Gasteiger partial charge in [0.15, 0.2) is 0 Å². The second-order valence-electron chi connectivity index (χ2n) is 4.60. The van der Waals surface area contributed by atoms with Crippen LogP contribution in [0.2, 0.25) is 0 Å². The van der Waals surface area contributed by atoms with Crippen molar-refractivity contribution in [2.45, 2.75) is 12.8 Å². The molecule has 2 aliphatic rings. The average Bonchev–Trinajstić information content (AvgIpc) is 2.58. The second-order valence-corrected chi connectivity index (χ2v) is 7.34. The zero-order chi connectivity index (χ0) is 12.2. The zero-order valence-electron chi connectivity index (χ0n) is 10.3. The van der Waals surface area contributed by atoms with E-state index in [4.69, 9.17) is 0 Å². The highest BCUT2D eigenvalue weighted by molar-refractivity contribution is 8.00. The summed E-state index contributed by atoms with van der Waals surface area (Å²) >= 11 is 0. The predicted octanol–water partition coefficient (Wildman–Crippen LogP) is -0.113. The fourth-order valence-corrected chi connectivity index (χ4v) is 3.13. The Bertz CT molecular complexity index is 324. The largest absolute Gasteiger partial charge is 0.346 e. The third-order valence-electron chi connectivity index (χ3n) is 3.00. The summed E-state index contributed by atoms with van der Waals surface area (Å²) in [6.07, 6.45) is 1.81. The summed E-state index contributed by atoms with van der Waals surface area (Å²) in [5.74, 6) is 5.52. The summed E-state index contributed by atoms with van der Waals surface area (Å²) < 4.78 is 11.2. The topological polar surface area (TPSA) is 40.6 Å². The van der Waals surface area contributed by atoms with Crippen LogP contribution in [0, 0.1) is 0 Å². The number of amides is 1. The van der Waals surface area contributed by atoms with E-state index in [0.717, 1.165) is 44.0 Å². The molecule has 2 aliphatic heterocycles. The lowest BCUT2D eigenvalue weighted by Gasteiger charge is -2.24. The number of hydrogen-bond donors (Lipinski definition) is 0. The Hall–Kier alpha value is -0.550. The number of hydrogen-bond acceptors (Lipinski definition) is 3. The van der Waals surface area contributed by atoms with E-state index in [2.05, 4.69) is 17.8 Å². The molecule has 2 rings (SSSR count). The Kier molecular flexibility index (Phi) is 4.80. The quantitative estimate of drug-likeness (QED) is 0.560. The molecule has 2 heterocycles. The van der Waals surface area contributed by atoms with E-state index in [9.17, 15) is 9.00 Å². The molecule has 0 radical (unpaired) electrons. The van der Waals surface area contributed by atoms with Gasteiger partial charge in [-0.2, -0.15) is 0 Å². The van der Waals surface area contributed by atoms with Crippen molar-refractivity contribution in [3.8, 4) is 0 Å². The molecule has 5 heteroatoms. The third kappa shape index (κ3) is 4.53. The van der Waals surface area contributed by atoms with Crippen molar-refractivity contribution in [2.24, 2.45) is 0 Å². The van der Waals surface area contributed by atoms with Gasteiger partial charge in [-0.1, -0.05) is 0 Å². The van der Waals surface area contributed by atoms with E-state index < -0.39 is 9.52 Å². The van der Waals surface area contributed by atoms with E-state index in [1.807, 2.05) is 7.05 Å². The molecule has 0 saturated carbocycles. The number of nitrogens with zero attached hydrogens (tertiary/aromatic N) is 2. The van der Waals surface area contributed by atoms with Crippen LogP contribution in [0.25, 0.3) is 0 Å². The van der Waals surface area contributed by atoms with Gasteiger partial charge in [-0.15, -0.1) is 0 Å². The fraction of sp³-hybridized carbons (Fsp3) is 0.818. The van der Waals surface area contributed by atoms with Gasteiger partial charge in [0.05, 0.1) is 0 Å². The van der Waals surface area contributed by atoms with Crippen molar-refractivity contribution in [1.82, 2.24) is 9.80 Å². The Balaban J connectivity index is 0.000000165. The van der Waals surface area contributed by atoms with Gasteiger partial charge in [-0.3, -0.25) is 9.00 Å². The minimum atomic E-state index is -1.66. The van der Waals surface area contributed by atoms with Crippen LogP contribution in [0.15, 0.2) is 0 Å². The van der Waals surface area contributed by atoms with Crippen LogP contribution in [0.4, 0.5) is 0 Å². The van der Waals surface area contributed by atoms with Crippen LogP contribution in [-0.4, -0.2) is 71.0 Å². The minimum absolute atomic E-state index is 0.292. The average molecular weight is 246 g/mol. The zero-order valence-corrected chi connectivity index (χ0v) is 11.1. The molecule has 0 unspecified atom stereocenters. The van der Waals surface area contributed by atoms with E-state index in [1.165, 1.54) is 0 Å². The molecule has 0 aromatic rings. The first-order valence-electron chi connectivity index (χ1n) is 5.66. The molecule has 1 amide bonds. The Morgan fingerprint density at radius 2 is 1.75 bits per heavy atom. The van der Waals surface area contributed by atoms with Gasteiger partial charge in [-0.25, -0.2) is 0 Å². The molecule has 0 atom stereocenters. The predicted molar refractivity (Wildman–Crippen MR) is 69.4 cm³/mol. The first kappa shape index (κ1) is 13.5. The Morgan fingerprint density at radius 3 is 2.00 bits per heavy atom. The third-order valence-corrected chi connectivity index (χ3v) is 4.85. The second kappa shape index (κ2) is 5.68. The van der Waals surface area contributed by atoms with Gasteiger partial charge in [-0.05, 0) is 28.9 Å². The van der Waals surface area contributed by atoms with Crippen molar-refractivity contribution in [1.29, 1.82) is 0 Å². The molecule has 2 saturated heterocycles. The fourth-order valence-electron chi connectivity index (χ4n) is 1.64. The summed E-state index contributed by atoms with van der Waals surface area (Å²) in [7, 11) is 2.24. The maximum atomic E-state index is 11.2. The van der Waals surface area contributed by atoms with Gasteiger partial charge < -0.3 is 9.80 Å². The van der Waals surface area contributed by atoms with E-state index in [-0.39, 0.29) is 0 Å². The van der Waals surface area contributed by atoms with Gasteiger partial charge >= 0.3 is 0 Å². The highest BCUT2D eigenvalue weighted by atomic mass is 32.2. The lowest BCUT2D eigenvalue weighted by Crippen LogP contribution is -2.37. The van der Waals surface area contributed by atoms with Crippen LogP contribution in [0.5, 0.6) is 0 Å². The SMILES string of the molecule is C=S1(=O)CCN(C)CC1.CN1CCCC1=O. The molecule has 0 bridgehead atoms. The van der Waals surface area contributed by atoms with E-state index >= 15 is 0 Å². The standard InChI is InChI=1S/C6H13NOS.C5H9NO/c1-7-3-5-9(2,8)6-4-7;1-6-4-2-3-5(6)7/h2-6H2,1H3;2-4H2,1H3. The first-order chi connectivity index (χ1) is 7.41. The first-order valence-corrected chi connectivity index (χ1v) is 7.72. The molecule has 0 spiro atoms. The number of likely N-dealkylation sites (tertiary alicyclic amines) is 1. The van der Waals surface area contributed by atoms with Crippen molar-refractivity contribution in [3.63, 3.8) is 0 Å². The lowest BCUT2D eigenvalue weighted by molar-refractivity contribution is -0.126. The summed E-state index contributed by atoms with van der Waals surface area (Å²) in [5.41, 5.74) is 0. The Morgan fingerprint density at radius 1 is 1.19 bits per heavy atom. The number of carbonyl (C=O) groups is 1. The molecular formula is C11H22N2O2S. The van der Waals surface area contributed by atoms with Crippen LogP contribution in [-0.2, 0) is 14.3 Å². The molecular weight excluding hydrogens is 224 g/mol. The van der Waals surface area contributed by atoms with Crippen LogP contribution < -0.4 is 0 Å². The monoisotopic (exact) mass is 246 g/mol. The van der Waals surface area contributed by atoms with Gasteiger partial charge in [0.1, 0.15) is 0 Å². The van der Waals surface area contributed by atoms with Crippen LogP contribution in [0.3, 0.4) is 0 Å². The van der Waals surface area contributed by atoms with Crippen molar-refractivity contribution < 1.29 is 9.00 Å². The summed E-state index contributed by atoms with van der Waals surface area (Å²) in [4.78, 5) is 14.5. The highest BCUT2D eigenvalue weighted by Crippen LogP contribution is 2.04. The smallest absolute Gasteiger partial charge is 0.222 e. The van der Waals surface area contributed by atoms with Gasteiger partial charge in [0.25, 0.3) is 0 Å². The van der Waals surface area contributed by atoms with Crippen molar-refractivity contribution in [3.05, 3.63) is 0 Å². The van der Waals surface area contributed by atoms with Gasteiger partial charge in [0, 0.05) is 44.6 Å². The lowest BCUT2D eigenvalue weighted by atomic mass is 10.4. The molecule has 16 heavy (non-hydrogen) atoms.